The van der Waals surface area contributed by atoms with Crippen LogP contribution in [-0.4, -0.2) is 59.1 Å². The Kier molecular flexibility index (Phi) is 6.32. The van der Waals surface area contributed by atoms with E-state index >= 15 is 0 Å². The van der Waals surface area contributed by atoms with E-state index in [9.17, 15) is 13.2 Å². The molecule has 1 aliphatic heterocycles. The first-order valence-electron chi connectivity index (χ1n) is 7.22. The number of hydrogen-bond donors (Lipinski definition) is 2. The van der Waals surface area contributed by atoms with Crippen molar-refractivity contribution in [1.82, 2.24) is 9.62 Å². The van der Waals surface area contributed by atoms with Crippen LogP contribution in [0, 0.1) is 0 Å². The van der Waals surface area contributed by atoms with Gasteiger partial charge in [-0.05, 0) is 37.2 Å². The minimum absolute atomic E-state index is 0.190. The number of nitrogens with one attached hydrogen (secondary N) is 2. The van der Waals surface area contributed by atoms with Gasteiger partial charge in [0, 0.05) is 25.3 Å². The minimum Gasteiger partial charge on any atom is -0.379 e. The van der Waals surface area contributed by atoms with Crippen molar-refractivity contribution < 1.29 is 17.9 Å². The van der Waals surface area contributed by atoms with Crippen molar-refractivity contribution in [3.8, 4) is 0 Å². The van der Waals surface area contributed by atoms with Crippen molar-refractivity contribution in [3.63, 3.8) is 0 Å². The maximum absolute atomic E-state index is 12.1. The van der Waals surface area contributed by atoms with Crippen LogP contribution in [0.2, 0.25) is 0 Å². The molecular weight excluding hydrogens is 306 g/mol. The first-order valence-corrected chi connectivity index (χ1v) is 8.70. The van der Waals surface area contributed by atoms with Crippen LogP contribution in [0.15, 0.2) is 29.2 Å². The second-order valence-electron chi connectivity index (χ2n) is 4.99. The van der Waals surface area contributed by atoms with Crippen LogP contribution in [0.5, 0.6) is 0 Å². The second-order valence-corrected chi connectivity index (χ2v) is 6.76. The summed E-state index contributed by atoms with van der Waals surface area (Å²) in [4.78, 5) is 12.8. The number of anilines is 1. The van der Waals surface area contributed by atoms with Gasteiger partial charge in [0.05, 0.1) is 18.1 Å². The summed E-state index contributed by atoms with van der Waals surface area (Å²) in [5.74, 6) is 0. The second kappa shape index (κ2) is 8.23. The van der Waals surface area contributed by atoms with Crippen molar-refractivity contribution in [3.05, 3.63) is 24.3 Å². The van der Waals surface area contributed by atoms with Crippen LogP contribution in [0.4, 0.5) is 5.69 Å². The van der Waals surface area contributed by atoms with Gasteiger partial charge in [0.15, 0.2) is 0 Å². The first-order chi connectivity index (χ1) is 10.6. The molecule has 0 aliphatic carbocycles. The summed E-state index contributed by atoms with van der Waals surface area (Å²) in [7, 11) is -3.50. The number of carbonyl (C=O) groups excluding carboxylic acids is 1. The lowest BCUT2D eigenvalue weighted by atomic mass is 10.3. The largest absolute Gasteiger partial charge is 0.379 e. The molecule has 0 atom stereocenters. The molecule has 122 valence electrons. The Hall–Kier alpha value is -1.48. The summed E-state index contributed by atoms with van der Waals surface area (Å²) in [5.41, 5.74) is 0.557. The number of amides is 1. The lowest BCUT2D eigenvalue weighted by Crippen LogP contribution is -2.38. The Bertz CT molecular complexity index is 568. The summed E-state index contributed by atoms with van der Waals surface area (Å²) in [6, 6.07) is 6.04. The fourth-order valence-corrected chi connectivity index (χ4v) is 3.29. The van der Waals surface area contributed by atoms with E-state index in [4.69, 9.17) is 4.74 Å². The standard InChI is InChI=1S/C14H21N3O4S/c18-12-15-13-2-4-14(5-3-13)22(19,20)16-6-1-7-17-8-10-21-11-9-17/h2-5,12,16H,1,6-11H2,(H,15,18). The molecule has 2 rings (SSSR count). The van der Waals surface area contributed by atoms with E-state index < -0.39 is 10.0 Å². The third-order valence-corrected chi connectivity index (χ3v) is 4.91. The molecule has 1 heterocycles. The molecular formula is C14H21N3O4S. The van der Waals surface area contributed by atoms with Gasteiger partial charge in [-0.2, -0.15) is 0 Å². The molecule has 1 aliphatic rings. The zero-order valence-electron chi connectivity index (χ0n) is 12.3. The highest BCUT2D eigenvalue weighted by Crippen LogP contribution is 2.13. The van der Waals surface area contributed by atoms with Gasteiger partial charge in [-0.15, -0.1) is 0 Å². The van der Waals surface area contributed by atoms with E-state index in [2.05, 4.69) is 14.9 Å². The fraction of sp³-hybridized carbons (Fsp3) is 0.500. The number of hydrogen-bond acceptors (Lipinski definition) is 5. The molecule has 0 spiro atoms. The van der Waals surface area contributed by atoms with Crippen molar-refractivity contribution in [2.24, 2.45) is 0 Å². The van der Waals surface area contributed by atoms with E-state index in [0.717, 1.165) is 39.3 Å². The molecule has 22 heavy (non-hydrogen) atoms. The van der Waals surface area contributed by atoms with E-state index in [1.807, 2.05) is 0 Å². The summed E-state index contributed by atoms with van der Waals surface area (Å²) in [5, 5.41) is 2.46. The number of nitrogens with zero attached hydrogens (tertiary/aromatic N) is 1. The SMILES string of the molecule is O=CNc1ccc(S(=O)(=O)NCCCN2CCOCC2)cc1. The molecule has 0 bridgehead atoms. The Morgan fingerprint density at radius 1 is 1.18 bits per heavy atom. The van der Waals surface area contributed by atoms with Crippen LogP contribution < -0.4 is 10.0 Å². The zero-order valence-corrected chi connectivity index (χ0v) is 13.1. The highest BCUT2D eigenvalue weighted by Gasteiger charge is 2.14. The van der Waals surface area contributed by atoms with Crippen molar-refractivity contribution >= 4 is 22.1 Å². The quantitative estimate of drug-likeness (QED) is 0.528. The van der Waals surface area contributed by atoms with Crippen LogP contribution >= 0.6 is 0 Å². The highest BCUT2D eigenvalue weighted by atomic mass is 32.2. The summed E-state index contributed by atoms with van der Waals surface area (Å²) in [6.07, 6.45) is 1.30. The average Bonchev–Trinajstić information content (AvgIpc) is 2.53. The number of rotatable bonds is 8. The molecule has 0 radical (unpaired) electrons. The van der Waals surface area contributed by atoms with Gasteiger partial charge in [-0.1, -0.05) is 0 Å². The number of ether oxygens (including phenoxy) is 1. The smallest absolute Gasteiger partial charge is 0.240 e. The van der Waals surface area contributed by atoms with Crippen molar-refractivity contribution in [1.29, 1.82) is 0 Å². The average molecular weight is 327 g/mol. The molecule has 1 saturated heterocycles. The van der Waals surface area contributed by atoms with E-state index in [0.29, 0.717) is 18.6 Å². The molecule has 1 aromatic rings. The van der Waals surface area contributed by atoms with Gasteiger partial charge in [0.2, 0.25) is 16.4 Å². The Morgan fingerprint density at radius 3 is 2.50 bits per heavy atom. The third-order valence-electron chi connectivity index (χ3n) is 3.44. The number of morpholine rings is 1. The van der Waals surface area contributed by atoms with Crippen LogP contribution in [-0.2, 0) is 19.6 Å². The van der Waals surface area contributed by atoms with E-state index in [1.165, 1.54) is 12.1 Å². The molecule has 1 aromatic carbocycles. The first kappa shape index (κ1) is 16.9. The van der Waals surface area contributed by atoms with Crippen molar-refractivity contribution in [2.45, 2.75) is 11.3 Å². The lowest BCUT2D eigenvalue weighted by molar-refractivity contribution is -0.105. The van der Waals surface area contributed by atoms with Gasteiger partial charge < -0.3 is 10.1 Å². The molecule has 1 fully saturated rings. The minimum atomic E-state index is -3.50. The fourth-order valence-electron chi connectivity index (χ4n) is 2.22. The predicted molar refractivity (Wildman–Crippen MR) is 83.2 cm³/mol. The zero-order chi connectivity index (χ0) is 15.8. The summed E-state index contributed by atoms with van der Waals surface area (Å²) < 4.78 is 32.1. The Labute approximate surface area is 130 Å². The maximum Gasteiger partial charge on any atom is 0.240 e. The predicted octanol–water partition coefficient (Wildman–Crippen LogP) is 0.256. The Morgan fingerprint density at radius 2 is 1.86 bits per heavy atom. The summed E-state index contributed by atoms with van der Waals surface area (Å²) >= 11 is 0. The van der Waals surface area contributed by atoms with Crippen LogP contribution in [0.1, 0.15) is 6.42 Å². The molecule has 0 saturated carbocycles. The number of benzene rings is 1. The van der Waals surface area contributed by atoms with Crippen LogP contribution in [0.25, 0.3) is 0 Å². The number of carbonyl (C=O) groups is 1. The maximum atomic E-state index is 12.1. The van der Waals surface area contributed by atoms with Gasteiger partial charge in [-0.25, -0.2) is 13.1 Å². The van der Waals surface area contributed by atoms with E-state index in [1.54, 1.807) is 12.1 Å². The summed E-state index contributed by atoms with van der Waals surface area (Å²) in [6.45, 7) is 4.54. The van der Waals surface area contributed by atoms with Gasteiger partial charge in [-0.3, -0.25) is 9.69 Å². The van der Waals surface area contributed by atoms with Crippen molar-refractivity contribution in [2.75, 3.05) is 44.7 Å². The number of sulfonamides is 1. The molecule has 8 heteroatoms. The monoisotopic (exact) mass is 327 g/mol. The van der Waals surface area contributed by atoms with E-state index in [-0.39, 0.29) is 4.90 Å². The molecule has 1 amide bonds. The molecule has 0 unspecified atom stereocenters. The topological polar surface area (TPSA) is 87.7 Å². The third kappa shape index (κ3) is 5.06. The highest BCUT2D eigenvalue weighted by molar-refractivity contribution is 7.89. The molecule has 0 aromatic heterocycles. The normalized spacial score (nSPS) is 16.4. The lowest BCUT2D eigenvalue weighted by Gasteiger charge is -2.26. The van der Waals surface area contributed by atoms with Gasteiger partial charge in [0.25, 0.3) is 0 Å². The molecule has 2 N–H and O–H groups in total. The van der Waals surface area contributed by atoms with Crippen LogP contribution in [0.3, 0.4) is 0 Å². The van der Waals surface area contributed by atoms with Gasteiger partial charge >= 0.3 is 0 Å². The molecule has 7 nitrogen and oxygen atoms in total. The Balaban J connectivity index is 1.78. The van der Waals surface area contributed by atoms with Gasteiger partial charge in [0.1, 0.15) is 0 Å².